The lowest BCUT2D eigenvalue weighted by atomic mass is 10.1. The molecule has 1 unspecified atom stereocenters. The number of benzene rings is 1. The molecule has 0 spiro atoms. The van der Waals surface area contributed by atoms with Crippen molar-refractivity contribution in [3.05, 3.63) is 24.3 Å². The molecule has 1 aromatic heterocycles. The number of aryl methyl sites for hydroxylation is 1. The molecule has 0 fully saturated rings. The third-order valence-corrected chi connectivity index (χ3v) is 3.18. The molecule has 6 nitrogen and oxygen atoms in total. The number of hydrogen-bond acceptors (Lipinski definition) is 4. The molecule has 0 aliphatic rings. The van der Waals surface area contributed by atoms with Gasteiger partial charge in [-0.15, -0.1) is 5.10 Å². The lowest BCUT2D eigenvalue weighted by molar-refractivity contribution is -0.119. The topological polar surface area (TPSA) is 72.7 Å². The SMILES string of the molecule is CCCC(C)C(=O)Nc1cccc(-c2nnnn2C)c1. The van der Waals surface area contributed by atoms with E-state index in [1.165, 1.54) is 0 Å². The van der Waals surface area contributed by atoms with Crippen LogP contribution in [0.25, 0.3) is 11.4 Å². The highest BCUT2D eigenvalue weighted by Crippen LogP contribution is 2.20. The number of nitrogens with zero attached hydrogens (tertiary/aromatic N) is 4. The average Bonchev–Trinajstić information content (AvgIpc) is 2.85. The largest absolute Gasteiger partial charge is 0.326 e. The van der Waals surface area contributed by atoms with Crippen molar-refractivity contribution in [2.24, 2.45) is 13.0 Å². The number of rotatable bonds is 5. The Balaban J connectivity index is 2.15. The Bertz CT molecular complexity index is 593. The standard InChI is InChI=1S/C14H19N5O/c1-4-6-10(2)14(20)15-12-8-5-7-11(9-12)13-16-17-18-19(13)3/h5,7-10H,4,6H2,1-3H3,(H,15,20). The Labute approximate surface area is 118 Å². The highest BCUT2D eigenvalue weighted by molar-refractivity contribution is 5.92. The van der Waals surface area contributed by atoms with E-state index in [-0.39, 0.29) is 11.8 Å². The number of amides is 1. The van der Waals surface area contributed by atoms with E-state index in [4.69, 9.17) is 0 Å². The molecule has 0 aliphatic heterocycles. The zero-order valence-corrected chi connectivity index (χ0v) is 12.0. The maximum Gasteiger partial charge on any atom is 0.227 e. The lowest BCUT2D eigenvalue weighted by Crippen LogP contribution is -2.20. The van der Waals surface area contributed by atoms with Crippen LogP contribution in [0, 0.1) is 5.92 Å². The van der Waals surface area contributed by atoms with Gasteiger partial charge in [0.05, 0.1) is 0 Å². The molecule has 20 heavy (non-hydrogen) atoms. The van der Waals surface area contributed by atoms with E-state index in [0.717, 1.165) is 24.1 Å². The molecule has 6 heteroatoms. The molecule has 1 N–H and O–H groups in total. The van der Waals surface area contributed by atoms with Crippen LogP contribution in [0.2, 0.25) is 0 Å². The van der Waals surface area contributed by atoms with E-state index in [0.29, 0.717) is 5.82 Å². The van der Waals surface area contributed by atoms with Gasteiger partial charge >= 0.3 is 0 Å². The van der Waals surface area contributed by atoms with Gasteiger partial charge in [0.25, 0.3) is 0 Å². The van der Waals surface area contributed by atoms with Crippen molar-refractivity contribution < 1.29 is 4.79 Å². The van der Waals surface area contributed by atoms with Crippen molar-refractivity contribution in [3.63, 3.8) is 0 Å². The minimum atomic E-state index is 0.0140. The van der Waals surface area contributed by atoms with Crippen LogP contribution in [0.1, 0.15) is 26.7 Å². The predicted octanol–water partition coefficient (Wildman–Crippen LogP) is 2.25. The summed E-state index contributed by atoms with van der Waals surface area (Å²) in [4.78, 5) is 12.0. The van der Waals surface area contributed by atoms with Gasteiger partial charge in [-0.05, 0) is 29.0 Å². The van der Waals surface area contributed by atoms with E-state index in [2.05, 4.69) is 27.8 Å². The van der Waals surface area contributed by atoms with E-state index in [9.17, 15) is 4.79 Å². The molecule has 1 aromatic carbocycles. The van der Waals surface area contributed by atoms with Crippen LogP contribution in [-0.4, -0.2) is 26.1 Å². The fourth-order valence-corrected chi connectivity index (χ4v) is 2.04. The van der Waals surface area contributed by atoms with Gasteiger partial charge in [-0.2, -0.15) is 0 Å². The van der Waals surface area contributed by atoms with Gasteiger partial charge in [0.2, 0.25) is 5.91 Å². The predicted molar refractivity (Wildman–Crippen MR) is 76.9 cm³/mol. The number of nitrogens with one attached hydrogen (secondary N) is 1. The van der Waals surface area contributed by atoms with Crippen molar-refractivity contribution in [1.82, 2.24) is 20.2 Å². The fraction of sp³-hybridized carbons (Fsp3) is 0.429. The van der Waals surface area contributed by atoms with Crippen molar-refractivity contribution in [2.45, 2.75) is 26.7 Å². The molecule has 1 amide bonds. The Hall–Kier alpha value is -2.24. The second-order valence-electron chi connectivity index (χ2n) is 4.89. The summed E-state index contributed by atoms with van der Waals surface area (Å²) in [6.07, 6.45) is 1.89. The zero-order valence-electron chi connectivity index (χ0n) is 12.0. The summed E-state index contributed by atoms with van der Waals surface area (Å²) in [5.74, 6) is 0.725. The molecule has 0 saturated carbocycles. The van der Waals surface area contributed by atoms with Crippen LogP contribution >= 0.6 is 0 Å². The first-order chi connectivity index (χ1) is 9.61. The molecule has 1 heterocycles. The third kappa shape index (κ3) is 3.20. The van der Waals surface area contributed by atoms with Crippen LogP contribution < -0.4 is 5.32 Å². The second-order valence-corrected chi connectivity index (χ2v) is 4.89. The van der Waals surface area contributed by atoms with Crippen molar-refractivity contribution in [2.75, 3.05) is 5.32 Å². The number of anilines is 1. The summed E-state index contributed by atoms with van der Waals surface area (Å²) in [7, 11) is 1.78. The van der Waals surface area contributed by atoms with E-state index >= 15 is 0 Å². The summed E-state index contributed by atoms with van der Waals surface area (Å²) >= 11 is 0. The summed E-state index contributed by atoms with van der Waals surface area (Å²) in [6.45, 7) is 4.01. The number of hydrogen-bond donors (Lipinski definition) is 1. The molecule has 2 aromatic rings. The average molecular weight is 273 g/mol. The number of carbonyl (C=O) groups excluding carboxylic acids is 1. The number of tetrazole rings is 1. The van der Waals surface area contributed by atoms with Gasteiger partial charge in [-0.25, -0.2) is 4.68 Å². The van der Waals surface area contributed by atoms with Crippen LogP contribution in [0.3, 0.4) is 0 Å². The van der Waals surface area contributed by atoms with E-state index in [1.807, 2.05) is 31.2 Å². The molecule has 0 radical (unpaired) electrons. The molecule has 0 bridgehead atoms. The minimum Gasteiger partial charge on any atom is -0.326 e. The minimum absolute atomic E-state index is 0.0140. The van der Waals surface area contributed by atoms with Gasteiger partial charge in [0.1, 0.15) is 0 Å². The van der Waals surface area contributed by atoms with Crippen LogP contribution in [0.5, 0.6) is 0 Å². The summed E-state index contributed by atoms with van der Waals surface area (Å²) in [5, 5.41) is 14.3. The summed E-state index contributed by atoms with van der Waals surface area (Å²) < 4.78 is 1.60. The fourth-order valence-electron chi connectivity index (χ4n) is 2.04. The van der Waals surface area contributed by atoms with Crippen LogP contribution in [-0.2, 0) is 11.8 Å². The van der Waals surface area contributed by atoms with Crippen molar-refractivity contribution >= 4 is 11.6 Å². The van der Waals surface area contributed by atoms with Gasteiger partial charge in [-0.3, -0.25) is 4.79 Å². The Morgan fingerprint density at radius 2 is 2.25 bits per heavy atom. The molecule has 0 saturated heterocycles. The first kappa shape index (κ1) is 14.2. The quantitative estimate of drug-likeness (QED) is 0.906. The lowest BCUT2D eigenvalue weighted by Gasteiger charge is -2.11. The highest BCUT2D eigenvalue weighted by atomic mass is 16.1. The second kappa shape index (κ2) is 6.27. The summed E-state index contributed by atoms with van der Waals surface area (Å²) in [5.41, 5.74) is 1.64. The Morgan fingerprint density at radius 3 is 2.90 bits per heavy atom. The monoisotopic (exact) mass is 273 g/mol. The highest BCUT2D eigenvalue weighted by Gasteiger charge is 2.13. The smallest absolute Gasteiger partial charge is 0.227 e. The third-order valence-electron chi connectivity index (χ3n) is 3.18. The van der Waals surface area contributed by atoms with Gasteiger partial charge in [0.15, 0.2) is 5.82 Å². The molecule has 0 aliphatic carbocycles. The maximum atomic E-state index is 12.0. The first-order valence-electron chi connectivity index (χ1n) is 6.75. The Kier molecular flexibility index (Phi) is 4.45. The van der Waals surface area contributed by atoms with E-state index in [1.54, 1.807) is 11.7 Å². The molecular weight excluding hydrogens is 254 g/mol. The Morgan fingerprint density at radius 1 is 1.45 bits per heavy atom. The van der Waals surface area contributed by atoms with Crippen molar-refractivity contribution in [1.29, 1.82) is 0 Å². The molecule has 2 rings (SSSR count). The van der Waals surface area contributed by atoms with E-state index < -0.39 is 0 Å². The molecule has 106 valence electrons. The van der Waals surface area contributed by atoms with Crippen LogP contribution in [0.15, 0.2) is 24.3 Å². The number of carbonyl (C=O) groups is 1. The first-order valence-corrected chi connectivity index (χ1v) is 6.75. The summed E-state index contributed by atoms with van der Waals surface area (Å²) in [6, 6.07) is 7.53. The van der Waals surface area contributed by atoms with Gasteiger partial charge in [0, 0.05) is 24.2 Å². The normalized spacial score (nSPS) is 12.2. The van der Waals surface area contributed by atoms with Crippen LogP contribution in [0.4, 0.5) is 5.69 Å². The molecular formula is C14H19N5O. The van der Waals surface area contributed by atoms with Gasteiger partial charge in [-0.1, -0.05) is 32.4 Å². The van der Waals surface area contributed by atoms with Gasteiger partial charge < -0.3 is 5.32 Å². The maximum absolute atomic E-state index is 12.0. The van der Waals surface area contributed by atoms with Crippen molar-refractivity contribution in [3.8, 4) is 11.4 Å². The zero-order chi connectivity index (χ0) is 14.5. The molecule has 1 atom stereocenters. The number of aromatic nitrogens is 4.